The molecule has 1 spiro atoms. The quantitative estimate of drug-likeness (QED) is 0.717. The van der Waals surface area contributed by atoms with Gasteiger partial charge in [0.1, 0.15) is 23.2 Å². The van der Waals surface area contributed by atoms with Crippen LogP contribution in [0.25, 0.3) is 0 Å². The maximum Gasteiger partial charge on any atom is 0.262 e. The van der Waals surface area contributed by atoms with Crippen molar-refractivity contribution in [3.05, 3.63) is 28.8 Å². The minimum atomic E-state index is -0.978. The average molecular weight is 396 g/mol. The fourth-order valence-electron chi connectivity index (χ4n) is 4.82. The average Bonchev–Trinajstić information content (AvgIpc) is 2.93. The second kappa shape index (κ2) is 6.23. The van der Waals surface area contributed by atoms with Crippen molar-refractivity contribution in [2.24, 2.45) is 0 Å². The number of amides is 4. The molecule has 1 N–H and O–H groups in total. The second-order valence-electron chi connectivity index (χ2n) is 8.28. The molecular formula is C21H20N2O6. The lowest BCUT2D eigenvalue weighted by atomic mass is 9.78. The van der Waals surface area contributed by atoms with Crippen molar-refractivity contribution in [3.8, 4) is 5.75 Å². The van der Waals surface area contributed by atoms with Gasteiger partial charge in [-0.1, -0.05) is 0 Å². The van der Waals surface area contributed by atoms with Gasteiger partial charge in [0, 0.05) is 19.3 Å². The van der Waals surface area contributed by atoms with E-state index in [2.05, 4.69) is 5.32 Å². The number of nitrogens with zero attached hydrogens (tertiary/aromatic N) is 1. The summed E-state index contributed by atoms with van der Waals surface area (Å²) in [7, 11) is 0. The molecule has 0 aromatic heterocycles. The molecule has 8 heteroatoms. The molecule has 1 aromatic rings. The first-order valence-corrected chi connectivity index (χ1v) is 9.96. The molecule has 29 heavy (non-hydrogen) atoms. The lowest BCUT2D eigenvalue weighted by Crippen LogP contribution is -2.54. The van der Waals surface area contributed by atoms with E-state index in [1.165, 1.54) is 0 Å². The summed E-state index contributed by atoms with van der Waals surface area (Å²) >= 11 is 0. The number of fused-ring (bicyclic) bond motifs is 2. The van der Waals surface area contributed by atoms with Crippen molar-refractivity contribution < 1.29 is 28.7 Å². The molecule has 150 valence electrons. The van der Waals surface area contributed by atoms with Crippen LogP contribution in [-0.2, 0) is 20.8 Å². The van der Waals surface area contributed by atoms with Crippen LogP contribution in [0.4, 0.5) is 0 Å². The van der Waals surface area contributed by atoms with E-state index in [4.69, 9.17) is 4.74 Å². The van der Waals surface area contributed by atoms with Crippen LogP contribution in [0.3, 0.4) is 0 Å². The number of benzene rings is 1. The number of hydrogen-bond acceptors (Lipinski definition) is 6. The van der Waals surface area contributed by atoms with Gasteiger partial charge in [0.2, 0.25) is 11.8 Å². The Kier molecular flexibility index (Phi) is 3.88. The summed E-state index contributed by atoms with van der Waals surface area (Å²) in [4.78, 5) is 62.0. The van der Waals surface area contributed by atoms with Crippen LogP contribution in [0.1, 0.15) is 71.2 Å². The number of imide groups is 2. The summed E-state index contributed by atoms with van der Waals surface area (Å²) in [5, 5.41) is 2.20. The van der Waals surface area contributed by atoms with Gasteiger partial charge >= 0.3 is 0 Å². The van der Waals surface area contributed by atoms with Gasteiger partial charge in [-0.2, -0.15) is 0 Å². The number of ether oxygens (including phenoxy) is 1. The number of Topliss-reactive ketones (excluding diaryl/α,β-unsaturated/α-hetero) is 1. The maximum atomic E-state index is 13.0. The number of ketones is 1. The lowest BCUT2D eigenvalue weighted by Gasteiger charge is -2.41. The Morgan fingerprint density at radius 2 is 1.55 bits per heavy atom. The zero-order chi connectivity index (χ0) is 20.3. The van der Waals surface area contributed by atoms with Gasteiger partial charge in [-0.25, -0.2) is 0 Å². The van der Waals surface area contributed by atoms with Gasteiger partial charge < -0.3 is 4.74 Å². The molecule has 1 saturated carbocycles. The molecule has 0 radical (unpaired) electrons. The van der Waals surface area contributed by atoms with Gasteiger partial charge in [0.15, 0.2) is 0 Å². The fraction of sp³-hybridized carbons (Fsp3) is 0.476. The topological polar surface area (TPSA) is 110 Å². The van der Waals surface area contributed by atoms with Crippen LogP contribution >= 0.6 is 0 Å². The zero-order valence-electron chi connectivity index (χ0n) is 15.8. The first-order valence-electron chi connectivity index (χ1n) is 9.96. The monoisotopic (exact) mass is 396 g/mol. The van der Waals surface area contributed by atoms with E-state index in [9.17, 15) is 24.0 Å². The molecule has 1 unspecified atom stereocenters. The highest BCUT2D eigenvalue weighted by atomic mass is 16.5. The Bertz CT molecular complexity index is 987. The van der Waals surface area contributed by atoms with Crippen LogP contribution < -0.4 is 10.1 Å². The van der Waals surface area contributed by atoms with E-state index in [0.29, 0.717) is 37.9 Å². The lowest BCUT2D eigenvalue weighted by molar-refractivity contribution is -0.136. The Hall–Kier alpha value is -3.03. The first kappa shape index (κ1) is 18.0. The molecule has 3 aliphatic heterocycles. The van der Waals surface area contributed by atoms with E-state index in [0.717, 1.165) is 16.9 Å². The summed E-state index contributed by atoms with van der Waals surface area (Å²) < 4.78 is 6.28. The number of piperidine rings is 1. The summed E-state index contributed by atoms with van der Waals surface area (Å²) in [5.41, 5.74) is 0.973. The normalized spacial score (nSPS) is 25.6. The fourth-order valence-corrected chi connectivity index (χ4v) is 4.82. The number of carbonyl (C=O) groups excluding carboxylic acids is 5. The number of rotatable bonds is 1. The molecular weight excluding hydrogens is 376 g/mol. The van der Waals surface area contributed by atoms with E-state index >= 15 is 0 Å². The Labute approximate surface area is 166 Å². The zero-order valence-corrected chi connectivity index (χ0v) is 15.8. The smallest absolute Gasteiger partial charge is 0.262 e. The number of aryl methyl sites for hydroxylation is 1. The maximum absolute atomic E-state index is 13.0. The molecule has 4 aliphatic rings. The Morgan fingerprint density at radius 1 is 0.897 bits per heavy atom. The summed E-state index contributed by atoms with van der Waals surface area (Å²) in [6.07, 6.45) is 4.02. The molecule has 4 amide bonds. The van der Waals surface area contributed by atoms with Crippen LogP contribution in [0, 0.1) is 0 Å². The van der Waals surface area contributed by atoms with E-state index in [-0.39, 0.29) is 35.4 Å². The van der Waals surface area contributed by atoms with Crippen molar-refractivity contribution in [3.63, 3.8) is 0 Å². The van der Waals surface area contributed by atoms with E-state index in [1.54, 1.807) is 12.1 Å². The van der Waals surface area contributed by atoms with E-state index < -0.39 is 29.7 Å². The van der Waals surface area contributed by atoms with Crippen LogP contribution in [0.5, 0.6) is 5.75 Å². The van der Waals surface area contributed by atoms with Crippen molar-refractivity contribution >= 4 is 29.4 Å². The molecule has 2 fully saturated rings. The third-order valence-corrected chi connectivity index (χ3v) is 6.52. The van der Waals surface area contributed by atoms with Crippen molar-refractivity contribution in [1.29, 1.82) is 0 Å². The van der Waals surface area contributed by atoms with Crippen LogP contribution in [-0.4, -0.2) is 46.0 Å². The molecule has 3 heterocycles. The van der Waals surface area contributed by atoms with Gasteiger partial charge in [-0.05, 0) is 49.8 Å². The molecule has 0 bridgehead atoms. The Morgan fingerprint density at radius 3 is 2.24 bits per heavy atom. The predicted octanol–water partition coefficient (Wildman–Crippen LogP) is 1.29. The SMILES string of the molecule is O=C1CCC2(CC1)CCc1cc3c(cc1O2)C(=O)N(C1CCC(=O)NC1=O)C3=O. The molecule has 8 nitrogen and oxygen atoms in total. The van der Waals surface area contributed by atoms with Crippen molar-refractivity contribution in [2.45, 2.75) is 63.0 Å². The minimum absolute atomic E-state index is 0.0880. The number of hydrogen-bond donors (Lipinski definition) is 1. The number of nitrogens with one attached hydrogen (secondary N) is 1. The molecule has 1 aliphatic carbocycles. The van der Waals surface area contributed by atoms with Gasteiger partial charge in [-0.15, -0.1) is 0 Å². The van der Waals surface area contributed by atoms with Crippen molar-refractivity contribution in [2.75, 3.05) is 0 Å². The standard InChI is InChI=1S/C21H20N2O6/c24-12-4-7-21(8-5-12)6-3-11-9-13-14(10-16(11)29-21)20(28)23(19(13)27)15-1-2-17(25)22-18(15)26/h9-10,15H,1-8H2,(H,22,25,26). The molecule has 5 rings (SSSR count). The molecule has 1 saturated heterocycles. The van der Waals surface area contributed by atoms with Crippen molar-refractivity contribution in [1.82, 2.24) is 10.2 Å². The third-order valence-electron chi connectivity index (χ3n) is 6.52. The van der Waals surface area contributed by atoms with Gasteiger partial charge in [0.25, 0.3) is 11.8 Å². The summed E-state index contributed by atoms with van der Waals surface area (Å²) in [6.45, 7) is 0. The highest BCUT2D eigenvalue weighted by molar-refractivity contribution is 6.23. The summed E-state index contributed by atoms with van der Waals surface area (Å²) in [6, 6.07) is 2.32. The summed E-state index contributed by atoms with van der Waals surface area (Å²) in [5.74, 6) is -1.24. The molecule has 1 atom stereocenters. The largest absolute Gasteiger partial charge is 0.487 e. The molecule has 1 aromatic carbocycles. The highest BCUT2D eigenvalue weighted by Gasteiger charge is 2.46. The minimum Gasteiger partial charge on any atom is -0.487 e. The number of carbonyl (C=O) groups is 5. The Balaban J connectivity index is 1.45. The van der Waals surface area contributed by atoms with Gasteiger partial charge in [-0.3, -0.25) is 34.2 Å². The van der Waals surface area contributed by atoms with Gasteiger partial charge in [0.05, 0.1) is 11.1 Å². The first-order chi connectivity index (χ1) is 13.9. The van der Waals surface area contributed by atoms with E-state index in [1.807, 2.05) is 0 Å². The second-order valence-corrected chi connectivity index (χ2v) is 8.28. The highest BCUT2D eigenvalue weighted by Crippen LogP contribution is 2.43. The predicted molar refractivity (Wildman–Crippen MR) is 98.3 cm³/mol. The van der Waals surface area contributed by atoms with Crippen LogP contribution in [0.15, 0.2) is 12.1 Å². The third kappa shape index (κ3) is 2.77. The van der Waals surface area contributed by atoms with Crippen LogP contribution in [0.2, 0.25) is 0 Å².